The maximum Gasteiger partial charge on any atom is 0.0497 e. The molecule has 2 heterocycles. The van der Waals surface area contributed by atoms with Crippen molar-refractivity contribution in [2.75, 3.05) is 9.80 Å². The van der Waals surface area contributed by atoms with E-state index < -0.39 is 0 Å². The first-order chi connectivity index (χ1) is 25.4. The lowest BCUT2D eigenvalue weighted by Crippen LogP contribution is -2.32. The van der Waals surface area contributed by atoms with Crippen LogP contribution in [0.25, 0.3) is 22.3 Å². The molecule has 0 radical (unpaired) electrons. The van der Waals surface area contributed by atoms with Gasteiger partial charge >= 0.3 is 0 Å². The van der Waals surface area contributed by atoms with Gasteiger partial charge in [-0.1, -0.05) is 152 Å². The Morgan fingerprint density at radius 3 is 1.79 bits per heavy atom. The summed E-state index contributed by atoms with van der Waals surface area (Å²) in [5.74, 6) is 1.09. The molecule has 4 aliphatic rings. The van der Waals surface area contributed by atoms with E-state index in [0.717, 1.165) is 6.42 Å². The van der Waals surface area contributed by atoms with Crippen molar-refractivity contribution in [3.8, 4) is 22.3 Å². The topological polar surface area (TPSA) is 6.48 Å². The van der Waals surface area contributed by atoms with Gasteiger partial charge in [-0.2, -0.15) is 0 Å². The highest BCUT2D eigenvalue weighted by atomic mass is 15.2. The van der Waals surface area contributed by atoms with Crippen LogP contribution >= 0.6 is 0 Å². The molecule has 2 aliphatic heterocycles. The van der Waals surface area contributed by atoms with Crippen molar-refractivity contribution in [2.45, 2.75) is 104 Å². The summed E-state index contributed by atoms with van der Waals surface area (Å²) in [6.45, 7) is 15.0. The fourth-order valence-electron chi connectivity index (χ4n) is 8.85. The summed E-state index contributed by atoms with van der Waals surface area (Å²) in [6.07, 6.45) is 13.1. The number of para-hydroxylation sites is 1. The molecule has 0 N–H and O–H groups in total. The van der Waals surface area contributed by atoms with Gasteiger partial charge in [-0.05, 0) is 106 Å². The van der Waals surface area contributed by atoms with E-state index in [9.17, 15) is 0 Å². The van der Waals surface area contributed by atoms with Crippen LogP contribution in [0.3, 0.4) is 0 Å². The molecule has 0 spiro atoms. The maximum atomic E-state index is 2.66. The molecule has 52 heavy (non-hydrogen) atoms. The van der Waals surface area contributed by atoms with Crippen molar-refractivity contribution < 1.29 is 0 Å². The number of fused-ring (bicyclic) bond motifs is 6. The van der Waals surface area contributed by atoms with Gasteiger partial charge < -0.3 is 9.80 Å². The summed E-state index contributed by atoms with van der Waals surface area (Å²) in [5, 5.41) is 0. The lowest BCUT2D eigenvalue weighted by Gasteiger charge is -2.33. The minimum atomic E-state index is 0.169. The van der Waals surface area contributed by atoms with Gasteiger partial charge in [-0.3, -0.25) is 0 Å². The largest absolute Gasteiger partial charge is 0.338 e. The first kappa shape index (κ1) is 35.6. The molecular formula is C50H56N2. The first-order valence-corrected chi connectivity index (χ1v) is 19.9. The number of nitrogens with zero attached hydrogens (tertiary/aromatic N) is 2. The normalized spacial score (nSPS) is 19.6. The molecule has 0 bridgehead atoms. The average Bonchev–Trinajstić information content (AvgIpc) is 3.72. The van der Waals surface area contributed by atoms with Gasteiger partial charge in [0, 0.05) is 46.3 Å². The highest BCUT2D eigenvalue weighted by Gasteiger charge is 2.41. The van der Waals surface area contributed by atoms with Gasteiger partial charge in [-0.15, -0.1) is 0 Å². The summed E-state index contributed by atoms with van der Waals surface area (Å²) in [7, 11) is 0. The van der Waals surface area contributed by atoms with Gasteiger partial charge in [0.25, 0.3) is 0 Å². The van der Waals surface area contributed by atoms with E-state index in [0.29, 0.717) is 17.9 Å². The molecule has 5 aromatic rings. The third-order valence-electron chi connectivity index (χ3n) is 11.4. The van der Waals surface area contributed by atoms with Gasteiger partial charge in [0.2, 0.25) is 0 Å². The van der Waals surface area contributed by atoms with E-state index in [1.807, 2.05) is 27.7 Å². The molecule has 0 saturated heterocycles. The zero-order valence-electron chi connectivity index (χ0n) is 32.4. The lowest BCUT2D eigenvalue weighted by molar-refractivity contribution is 0.402. The summed E-state index contributed by atoms with van der Waals surface area (Å²) < 4.78 is 0. The van der Waals surface area contributed by atoms with Crippen molar-refractivity contribution in [2.24, 2.45) is 0 Å². The fourth-order valence-corrected chi connectivity index (χ4v) is 8.85. The highest BCUT2D eigenvalue weighted by molar-refractivity contribution is 5.81. The van der Waals surface area contributed by atoms with Crippen LogP contribution in [0, 0.1) is 0 Å². The second-order valence-corrected chi connectivity index (χ2v) is 15.2. The lowest BCUT2D eigenvalue weighted by atomic mass is 9.80. The molecule has 3 atom stereocenters. The molecule has 0 aromatic heterocycles. The van der Waals surface area contributed by atoms with Gasteiger partial charge in [0.1, 0.15) is 0 Å². The van der Waals surface area contributed by atoms with Crippen LogP contribution in [-0.4, -0.2) is 6.04 Å². The van der Waals surface area contributed by atoms with E-state index in [-0.39, 0.29) is 5.41 Å². The predicted octanol–water partition coefficient (Wildman–Crippen LogP) is 14.6. The van der Waals surface area contributed by atoms with E-state index in [1.165, 1.54) is 87.5 Å². The van der Waals surface area contributed by atoms with Gasteiger partial charge in [0.05, 0.1) is 0 Å². The Bertz CT molecular complexity index is 2040. The number of rotatable bonds is 4. The summed E-state index contributed by atoms with van der Waals surface area (Å²) >= 11 is 0. The zero-order valence-corrected chi connectivity index (χ0v) is 32.4. The first-order valence-electron chi connectivity index (χ1n) is 19.9. The SMILES string of the molecule is CC.CC.CC(C)(C)c1ccc2c(c1)C1CCCCC1N2c1ccc(-c2ccc(-c3ccc(N4C5=CC=CCC5c5ccccc54)cc3)cc2)cc1. The van der Waals surface area contributed by atoms with Crippen molar-refractivity contribution in [3.05, 3.63) is 156 Å². The van der Waals surface area contributed by atoms with Crippen molar-refractivity contribution in [1.29, 1.82) is 0 Å². The van der Waals surface area contributed by atoms with Gasteiger partial charge in [0.15, 0.2) is 0 Å². The molecule has 1 fully saturated rings. The molecule has 5 aromatic carbocycles. The number of benzene rings is 5. The Morgan fingerprint density at radius 2 is 1.15 bits per heavy atom. The van der Waals surface area contributed by atoms with Crippen LogP contribution in [0.2, 0.25) is 0 Å². The number of hydrogen-bond donors (Lipinski definition) is 0. The summed E-state index contributed by atoms with van der Waals surface area (Å²) in [5.41, 5.74) is 16.3. The molecular weight excluding hydrogens is 629 g/mol. The molecule has 0 amide bonds. The molecule has 266 valence electrons. The monoisotopic (exact) mass is 684 g/mol. The number of hydrogen-bond acceptors (Lipinski definition) is 2. The molecule has 2 heteroatoms. The third-order valence-corrected chi connectivity index (χ3v) is 11.4. The Hall–Kier alpha value is -4.82. The Kier molecular flexibility index (Phi) is 10.3. The van der Waals surface area contributed by atoms with Crippen molar-refractivity contribution in [3.63, 3.8) is 0 Å². The second kappa shape index (κ2) is 15.0. The Balaban J connectivity index is 0.00000102. The Morgan fingerprint density at radius 1 is 0.577 bits per heavy atom. The minimum Gasteiger partial charge on any atom is -0.338 e. The number of anilines is 4. The zero-order chi connectivity index (χ0) is 36.4. The third kappa shape index (κ3) is 6.42. The highest BCUT2D eigenvalue weighted by Crippen LogP contribution is 2.53. The standard InChI is InChI=1S/C46H44N2.2C2H6/c1-46(2,3)35-24-29-45-41(30-35)40-12-6-9-15-44(40)48(45)37-27-22-34(23-28-37)32-18-16-31(17-19-32)33-20-25-36(26-21-33)47-42-13-7-4-10-38(42)39-11-5-8-14-43(39)47;2*1-2/h4-5,7-8,10,13-14,16-30,39-40,44H,6,9,11-12,15H2,1-3H3;2*1-2H3. The second-order valence-electron chi connectivity index (χ2n) is 15.2. The molecule has 1 saturated carbocycles. The van der Waals surface area contributed by atoms with Crippen LogP contribution in [0.5, 0.6) is 0 Å². The van der Waals surface area contributed by atoms with Crippen molar-refractivity contribution >= 4 is 22.7 Å². The fraction of sp³-hybridized carbons (Fsp3) is 0.320. The van der Waals surface area contributed by atoms with Crippen LogP contribution in [0.1, 0.15) is 109 Å². The van der Waals surface area contributed by atoms with E-state index in [1.54, 1.807) is 5.56 Å². The van der Waals surface area contributed by atoms with Crippen LogP contribution in [0.4, 0.5) is 22.7 Å². The molecule has 3 unspecified atom stereocenters. The van der Waals surface area contributed by atoms with Crippen LogP contribution in [0.15, 0.2) is 139 Å². The summed E-state index contributed by atoms with van der Waals surface area (Å²) in [6, 6.07) is 44.2. The quantitative estimate of drug-likeness (QED) is 0.186. The minimum absolute atomic E-state index is 0.169. The van der Waals surface area contributed by atoms with Crippen LogP contribution in [-0.2, 0) is 5.41 Å². The molecule has 9 rings (SSSR count). The summed E-state index contributed by atoms with van der Waals surface area (Å²) in [4.78, 5) is 5.10. The van der Waals surface area contributed by atoms with Crippen molar-refractivity contribution in [1.82, 2.24) is 0 Å². The van der Waals surface area contributed by atoms with Gasteiger partial charge in [-0.25, -0.2) is 0 Å². The Labute approximate surface area is 313 Å². The smallest absolute Gasteiger partial charge is 0.0497 e. The number of allylic oxidation sites excluding steroid dienone is 4. The molecule has 2 aliphatic carbocycles. The van der Waals surface area contributed by atoms with E-state index in [2.05, 4.69) is 164 Å². The maximum absolute atomic E-state index is 2.66. The predicted molar refractivity (Wildman–Crippen MR) is 225 cm³/mol. The van der Waals surface area contributed by atoms with E-state index in [4.69, 9.17) is 0 Å². The molecule has 2 nitrogen and oxygen atoms in total. The van der Waals surface area contributed by atoms with E-state index >= 15 is 0 Å². The van der Waals surface area contributed by atoms with Crippen LogP contribution < -0.4 is 9.80 Å². The average molecular weight is 685 g/mol.